The van der Waals surface area contributed by atoms with Gasteiger partial charge in [-0.25, -0.2) is 0 Å². The Hall–Kier alpha value is -2.67. The average molecular weight is 371 g/mol. The van der Waals surface area contributed by atoms with Crippen molar-refractivity contribution >= 4 is 17.2 Å². The number of carbonyl (C=O) groups is 1. The Morgan fingerprint density at radius 2 is 2.15 bits per heavy atom. The molecule has 3 rings (SSSR count). The van der Waals surface area contributed by atoms with Crippen molar-refractivity contribution in [1.29, 1.82) is 0 Å². The Morgan fingerprint density at radius 3 is 2.88 bits per heavy atom. The van der Waals surface area contributed by atoms with Crippen LogP contribution in [0.4, 0.5) is 0 Å². The molecule has 0 bridgehead atoms. The summed E-state index contributed by atoms with van der Waals surface area (Å²) in [7, 11) is 1.69. The van der Waals surface area contributed by atoms with Gasteiger partial charge < -0.3 is 14.2 Å². The third-order valence-electron chi connectivity index (χ3n) is 3.95. The Morgan fingerprint density at radius 1 is 1.35 bits per heavy atom. The number of rotatable bonds is 6. The number of likely N-dealkylation sites (N-methyl/N-ethyl adjacent to an activating group) is 1. The summed E-state index contributed by atoms with van der Waals surface area (Å²) in [6.45, 7) is 5.93. The number of benzene rings is 1. The molecule has 3 aromatic rings. The second-order valence-electron chi connectivity index (χ2n) is 6.21. The van der Waals surface area contributed by atoms with E-state index >= 15 is 0 Å². The first-order valence-corrected chi connectivity index (χ1v) is 9.17. The van der Waals surface area contributed by atoms with Crippen LogP contribution >= 0.6 is 11.3 Å². The monoisotopic (exact) mass is 371 g/mol. The van der Waals surface area contributed by atoms with E-state index in [1.807, 2.05) is 49.6 Å². The molecule has 1 atom stereocenters. The number of carbonyl (C=O) groups excluding carboxylic acids is 1. The minimum atomic E-state index is -0.611. The Balaban J connectivity index is 1.63. The maximum absolute atomic E-state index is 12.6. The molecule has 0 aliphatic heterocycles. The van der Waals surface area contributed by atoms with Gasteiger partial charge in [0.05, 0.1) is 11.4 Å². The van der Waals surface area contributed by atoms with E-state index in [1.54, 1.807) is 14.0 Å². The van der Waals surface area contributed by atoms with E-state index in [4.69, 9.17) is 9.26 Å². The van der Waals surface area contributed by atoms with Crippen molar-refractivity contribution in [2.45, 2.75) is 33.4 Å². The molecule has 0 fully saturated rings. The van der Waals surface area contributed by atoms with Gasteiger partial charge in [0.2, 0.25) is 11.7 Å². The van der Waals surface area contributed by atoms with E-state index < -0.39 is 6.10 Å². The molecule has 0 saturated carbocycles. The van der Waals surface area contributed by atoms with Crippen molar-refractivity contribution < 1.29 is 14.1 Å². The molecule has 6 nitrogen and oxygen atoms in total. The van der Waals surface area contributed by atoms with Crippen LogP contribution in [-0.4, -0.2) is 34.1 Å². The molecular weight excluding hydrogens is 350 g/mol. The minimum Gasteiger partial charge on any atom is -0.481 e. The molecule has 0 aliphatic carbocycles. The van der Waals surface area contributed by atoms with Crippen LogP contribution in [0.5, 0.6) is 5.75 Å². The lowest BCUT2D eigenvalue weighted by Crippen LogP contribution is -2.37. The van der Waals surface area contributed by atoms with Gasteiger partial charge in [-0.15, -0.1) is 11.3 Å². The van der Waals surface area contributed by atoms with Crippen LogP contribution in [0.1, 0.15) is 23.9 Å². The lowest BCUT2D eigenvalue weighted by molar-refractivity contribution is -0.137. The molecule has 0 aliphatic rings. The second kappa shape index (κ2) is 7.70. The molecule has 0 saturated heterocycles. The molecule has 26 heavy (non-hydrogen) atoms. The summed E-state index contributed by atoms with van der Waals surface area (Å²) in [5.74, 6) is 1.50. The minimum absolute atomic E-state index is 0.151. The van der Waals surface area contributed by atoms with Crippen LogP contribution in [0.3, 0.4) is 0 Å². The molecule has 0 unspecified atom stereocenters. The third-order valence-corrected chi connectivity index (χ3v) is 4.82. The first-order chi connectivity index (χ1) is 12.4. The largest absolute Gasteiger partial charge is 0.481 e. The lowest BCUT2D eigenvalue weighted by atomic mass is 10.1. The highest BCUT2D eigenvalue weighted by Crippen LogP contribution is 2.22. The van der Waals surface area contributed by atoms with Crippen molar-refractivity contribution in [1.82, 2.24) is 15.0 Å². The predicted molar refractivity (Wildman–Crippen MR) is 100 cm³/mol. The zero-order chi connectivity index (χ0) is 18.7. The van der Waals surface area contributed by atoms with Gasteiger partial charge in [-0.05, 0) is 49.4 Å². The Bertz CT molecular complexity index is 889. The number of aryl methyl sites for hydroxylation is 2. The van der Waals surface area contributed by atoms with Crippen LogP contribution in [-0.2, 0) is 11.3 Å². The number of nitrogens with zero attached hydrogens (tertiary/aromatic N) is 3. The van der Waals surface area contributed by atoms with Gasteiger partial charge in [0.25, 0.3) is 5.91 Å². The molecule has 1 amide bonds. The van der Waals surface area contributed by atoms with Crippen LogP contribution in [0.2, 0.25) is 0 Å². The third kappa shape index (κ3) is 4.11. The topological polar surface area (TPSA) is 68.5 Å². The summed E-state index contributed by atoms with van der Waals surface area (Å²) in [6.07, 6.45) is -0.611. The summed E-state index contributed by atoms with van der Waals surface area (Å²) in [5, 5.41) is 5.91. The zero-order valence-corrected chi connectivity index (χ0v) is 16.0. The van der Waals surface area contributed by atoms with Crippen molar-refractivity contribution in [3.8, 4) is 16.5 Å². The molecule has 0 radical (unpaired) electrons. The first-order valence-electron chi connectivity index (χ1n) is 8.29. The van der Waals surface area contributed by atoms with Gasteiger partial charge in [-0.2, -0.15) is 4.98 Å². The number of ether oxygens (including phenoxy) is 1. The van der Waals surface area contributed by atoms with E-state index in [1.165, 1.54) is 16.2 Å². The molecule has 2 aromatic heterocycles. The lowest BCUT2D eigenvalue weighted by Gasteiger charge is -2.21. The van der Waals surface area contributed by atoms with Gasteiger partial charge in [0.1, 0.15) is 5.75 Å². The Labute approximate surface area is 156 Å². The van der Waals surface area contributed by atoms with E-state index in [0.29, 0.717) is 11.7 Å². The van der Waals surface area contributed by atoms with Gasteiger partial charge in [0, 0.05) is 7.05 Å². The maximum Gasteiger partial charge on any atom is 0.263 e. The van der Waals surface area contributed by atoms with Crippen molar-refractivity contribution in [3.63, 3.8) is 0 Å². The summed E-state index contributed by atoms with van der Waals surface area (Å²) >= 11 is 1.54. The van der Waals surface area contributed by atoms with Gasteiger partial charge in [-0.3, -0.25) is 4.79 Å². The molecule has 0 N–H and O–H groups in total. The molecule has 0 spiro atoms. The molecule has 136 valence electrons. The molecule has 7 heteroatoms. The van der Waals surface area contributed by atoms with Crippen molar-refractivity contribution in [3.05, 3.63) is 52.7 Å². The number of hydrogen-bond acceptors (Lipinski definition) is 6. The van der Waals surface area contributed by atoms with Crippen LogP contribution < -0.4 is 4.74 Å². The van der Waals surface area contributed by atoms with Gasteiger partial charge in [-0.1, -0.05) is 23.4 Å². The fourth-order valence-corrected chi connectivity index (χ4v) is 3.14. The molecule has 1 aromatic carbocycles. The quantitative estimate of drug-likeness (QED) is 0.658. The zero-order valence-electron chi connectivity index (χ0n) is 15.2. The highest BCUT2D eigenvalue weighted by Gasteiger charge is 2.22. The summed E-state index contributed by atoms with van der Waals surface area (Å²) < 4.78 is 11.1. The maximum atomic E-state index is 12.6. The second-order valence-corrected chi connectivity index (χ2v) is 7.16. The highest BCUT2D eigenvalue weighted by molar-refractivity contribution is 7.13. The normalized spacial score (nSPS) is 12.0. The summed E-state index contributed by atoms with van der Waals surface area (Å²) in [5.41, 5.74) is 2.08. The Kier molecular flexibility index (Phi) is 5.37. The first kappa shape index (κ1) is 18.1. The smallest absolute Gasteiger partial charge is 0.263 e. The number of thiophene rings is 1. The SMILES string of the molecule is Cc1ccc(C)c(O[C@@H](C)C(=O)N(C)Cc2nc(-c3cccs3)no2)c1. The number of hydrogen-bond donors (Lipinski definition) is 0. The molecular formula is C19H21N3O3S. The van der Waals surface area contributed by atoms with E-state index in [2.05, 4.69) is 10.1 Å². The molecule has 2 heterocycles. The fourth-order valence-electron chi connectivity index (χ4n) is 2.49. The van der Waals surface area contributed by atoms with Crippen molar-refractivity contribution in [2.75, 3.05) is 7.05 Å². The average Bonchev–Trinajstić information content (AvgIpc) is 3.28. The predicted octanol–water partition coefficient (Wildman–Crippen LogP) is 3.84. The number of aromatic nitrogens is 2. The van der Waals surface area contributed by atoms with Crippen molar-refractivity contribution in [2.24, 2.45) is 0 Å². The van der Waals surface area contributed by atoms with E-state index in [0.717, 1.165) is 21.8 Å². The van der Waals surface area contributed by atoms with Gasteiger partial charge in [0.15, 0.2) is 6.10 Å². The summed E-state index contributed by atoms with van der Waals surface area (Å²) in [6, 6.07) is 9.79. The van der Waals surface area contributed by atoms with Crippen LogP contribution in [0.15, 0.2) is 40.2 Å². The van der Waals surface area contributed by atoms with E-state index in [9.17, 15) is 4.79 Å². The fraction of sp³-hybridized carbons (Fsp3) is 0.316. The van der Waals surface area contributed by atoms with Crippen LogP contribution in [0, 0.1) is 13.8 Å². The highest BCUT2D eigenvalue weighted by atomic mass is 32.1. The van der Waals surface area contributed by atoms with E-state index in [-0.39, 0.29) is 12.5 Å². The standard InChI is InChI=1S/C19H21N3O3S/c1-12-7-8-13(2)15(10-12)24-14(3)19(23)22(4)11-17-20-18(21-25-17)16-6-5-9-26-16/h5-10,14H,11H2,1-4H3/t14-/m0/s1. The van der Waals surface area contributed by atoms with Crippen LogP contribution in [0.25, 0.3) is 10.7 Å². The number of amides is 1. The summed E-state index contributed by atoms with van der Waals surface area (Å²) in [4.78, 5) is 19.4. The van der Waals surface area contributed by atoms with Gasteiger partial charge >= 0.3 is 0 Å².